The fourth-order valence-electron chi connectivity index (χ4n) is 1.30. The van der Waals surface area contributed by atoms with E-state index in [9.17, 15) is 9.90 Å². The second-order valence-electron chi connectivity index (χ2n) is 4.00. The van der Waals surface area contributed by atoms with Crippen molar-refractivity contribution in [3.05, 3.63) is 18.2 Å². The van der Waals surface area contributed by atoms with Crippen molar-refractivity contribution in [2.75, 3.05) is 18.6 Å². The molecule has 0 fully saturated rings. The summed E-state index contributed by atoms with van der Waals surface area (Å²) in [5, 5.41) is 12.6. The van der Waals surface area contributed by atoms with E-state index in [0.717, 1.165) is 0 Å². The minimum absolute atomic E-state index is 0.221. The van der Waals surface area contributed by atoms with E-state index >= 15 is 0 Å². The van der Waals surface area contributed by atoms with E-state index in [-0.39, 0.29) is 12.5 Å². The fourth-order valence-corrected chi connectivity index (χ4v) is 2.02. The predicted octanol–water partition coefficient (Wildman–Crippen LogP) is 0.264. The Morgan fingerprint density at radius 1 is 1.75 bits per heavy atom. The van der Waals surface area contributed by atoms with Gasteiger partial charge in [0.2, 0.25) is 0 Å². The molecule has 6 heteroatoms. The van der Waals surface area contributed by atoms with Crippen molar-refractivity contribution in [1.29, 1.82) is 0 Å². The molecule has 0 spiro atoms. The zero-order valence-electron chi connectivity index (χ0n) is 9.73. The van der Waals surface area contributed by atoms with Crippen LogP contribution in [0.25, 0.3) is 0 Å². The molecule has 0 aliphatic carbocycles. The van der Waals surface area contributed by atoms with Crippen LogP contribution in [0.2, 0.25) is 0 Å². The highest BCUT2D eigenvalue weighted by atomic mass is 32.2. The largest absolute Gasteiger partial charge is 0.387 e. The van der Waals surface area contributed by atoms with E-state index in [0.29, 0.717) is 11.4 Å². The quantitative estimate of drug-likeness (QED) is 0.778. The molecule has 2 N–H and O–H groups in total. The van der Waals surface area contributed by atoms with Crippen LogP contribution in [0.4, 0.5) is 0 Å². The summed E-state index contributed by atoms with van der Waals surface area (Å²) >= 11 is 1.54. The van der Waals surface area contributed by atoms with Crippen LogP contribution in [0.15, 0.2) is 12.5 Å². The molecule has 0 radical (unpaired) electrons. The summed E-state index contributed by atoms with van der Waals surface area (Å²) in [6, 6.07) is 0. The first-order valence-corrected chi connectivity index (χ1v) is 6.31. The molecule has 1 atom stereocenters. The van der Waals surface area contributed by atoms with Crippen LogP contribution >= 0.6 is 11.8 Å². The monoisotopic (exact) mass is 243 g/mol. The standard InChI is InChI=1S/C10H17N3O2S/c1-10(15,6-16-3)5-12-9(14)8-4-11-7-13(8)2/h4,7,15H,5-6H2,1-3H3,(H,12,14). The van der Waals surface area contributed by atoms with Gasteiger partial charge in [0.25, 0.3) is 5.91 Å². The third-order valence-electron chi connectivity index (χ3n) is 2.13. The highest BCUT2D eigenvalue weighted by Crippen LogP contribution is 2.09. The summed E-state index contributed by atoms with van der Waals surface area (Å²) in [4.78, 5) is 15.5. The number of carbonyl (C=O) groups excluding carboxylic acids is 1. The number of amides is 1. The molecule has 0 bridgehead atoms. The molecule has 0 aromatic carbocycles. The molecule has 1 unspecified atom stereocenters. The average Bonchev–Trinajstić information content (AvgIpc) is 2.61. The van der Waals surface area contributed by atoms with Crippen molar-refractivity contribution in [2.24, 2.45) is 7.05 Å². The number of carbonyl (C=O) groups is 1. The molecule has 90 valence electrons. The third kappa shape index (κ3) is 3.53. The van der Waals surface area contributed by atoms with Crippen LogP contribution in [0, 0.1) is 0 Å². The van der Waals surface area contributed by atoms with Crippen molar-refractivity contribution in [2.45, 2.75) is 12.5 Å². The Bertz CT molecular complexity index is 363. The maximum atomic E-state index is 11.7. The summed E-state index contributed by atoms with van der Waals surface area (Å²) < 4.78 is 1.64. The van der Waals surface area contributed by atoms with Crippen molar-refractivity contribution >= 4 is 17.7 Å². The molecule has 0 aliphatic rings. The SMILES string of the molecule is CSCC(C)(O)CNC(=O)c1cncn1C. The number of nitrogens with one attached hydrogen (secondary N) is 1. The van der Waals surface area contributed by atoms with Gasteiger partial charge in [0.05, 0.1) is 18.1 Å². The molecule has 1 aromatic rings. The minimum atomic E-state index is -0.881. The van der Waals surface area contributed by atoms with Gasteiger partial charge in [-0.3, -0.25) is 4.79 Å². The molecule has 1 rings (SSSR count). The number of imidazole rings is 1. The Kier molecular flexibility index (Phi) is 4.37. The maximum absolute atomic E-state index is 11.7. The van der Waals surface area contributed by atoms with Gasteiger partial charge in [-0.05, 0) is 13.2 Å². The Balaban J connectivity index is 2.51. The normalized spacial score (nSPS) is 14.5. The van der Waals surface area contributed by atoms with Crippen LogP contribution < -0.4 is 5.32 Å². The zero-order chi connectivity index (χ0) is 12.2. The van der Waals surface area contributed by atoms with E-state index < -0.39 is 5.60 Å². The number of aromatic nitrogens is 2. The van der Waals surface area contributed by atoms with Gasteiger partial charge in [0, 0.05) is 19.3 Å². The summed E-state index contributed by atoms with van der Waals surface area (Å²) in [7, 11) is 1.75. The van der Waals surface area contributed by atoms with Crippen LogP contribution in [-0.2, 0) is 7.05 Å². The van der Waals surface area contributed by atoms with E-state index in [1.807, 2.05) is 6.26 Å². The predicted molar refractivity (Wildman–Crippen MR) is 64.5 cm³/mol. The Labute approximate surface area is 99.3 Å². The summed E-state index contributed by atoms with van der Waals surface area (Å²) in [6.07, 6.45) is 4.98. The van der Waals surface area contributed by atoms with Gasteiger partial charge in [-0.2, -0.15) is 11.8 Å². The zero-order valence-corrected chi connectivity index (χ0v) is 10.5. The van der Waals surface area contributed by atoms with E-state index in [4.69, 9.17) is 0 Å². The second kappa shape index (κ2) is 5.36. The molecule has 1 amide bonds. The van der Waals surface area contributed by atoms with Gasteiger partial charge in [-0.25, -0.2) is 4.98 Å². The smallest absolute Gasteiger partial charge is 0.269 e. The first-order chi connectivity index (χ1) is 7.46. The molecule has 1 heterocycles. The average molecular weight is 243 g/mol. The van der Waals surface area contributed by atoms with Gasteiger partial charge >= 0.3 is 0 Å². The fraction of sp³-hybridized carbons (Fsp3) is 0.600. The Morgan fingerprint density at radius 2 is 2.44 bits per heavy atom. The van der Waals surface area contributed by atoms with Crippen molar-refractivity contribution < 1.29 is 9.90 Å². The molecule has 1 aromatic heterocycles. The second-order valence-corrected chi connectivity index (χ2v) is 4.87. The van der Waals surface area contributed by atoms with E-state index in [2.05, 4.69) is 10.3 Å². The van der Waals surface area contributed by atoms with Crippen molar-refractivity contribution in [3.63, 3.8) is 0 Å². The van der Waals surface area contributed by atoms with Gasteiger partial charge < -0.3 is 15.0 Å². The lowest BCUT2D eigenvalue weighted by Gasteiger charge is -2.22. The molecular formula is C10H17N3O2S. The third-order valence-corrected chi connectivity index (χ3v) is 3.04. The minimum Gasteiger partial charge on any atom is -0.387 e. The molecule has 0 aliphatic heterocycles. The van der Waals surface area contributed by atoms with Gasteiger partial charge in [0.1, 0.15) is 5.69 Å². The number of thioether (sulfide) groups is 1. The lowest BCUT2D eigenvalue weighted by molar-refractivity contribution is 0.0720. The molecule has 5 nitrogen and oxygen atoms in total. The van der Waals surface area contributed by atoms with Crippen LogP contribution in [0.3, 0.4) is 0 Å². The first kappa shape index (κ1) is 13.1. The number of aliphatic hydroxyl groups is 1. The maximum Gasteiger partial charge on any atom is 0.269 e. The number of rotatable bonds is 5. The van der Waals surface area contributed by atoms with Gasteiger partial charge in [-0.1, -0.05) is 0 Å². The molecular weight excluding hydrogens is 226 g/mol. The molecule has 0 saturated heterocycles. The first-order valence-electron chi connectivity index (χ1n) is 4.92. The number of aryl methyl sites for hydroxylation is 1. The highest BCUT2D eigenvalue weighted by Gasteiger charge is 2.21. The summed E-state index contributed by atoms with van der Waals surface area (Å²) in [5.41, 5.74) is -0.395. The summed E-state index contributed by atoms with van der Waals surface area (Å²) in [5.74, 6) is 0.361. The van der Waals surface area contributed by atoms with Crippen LogP contribution in [0.5, 0.6) is 0 Å². The van der Waals surface area contributed by atoms with Gasteiger partial charge in [-0.15, -0.1) is 0 Å². The van der Waals surface area contributed by atoms with Crippen LogP contribution in [-0.4, -0.2) is 44.7 Å². The number of hydrogen-bond donors (Lipinski definition) is 2. The Morgan fingerprint density at radius 3 is 2.94 bits per heavy atom. The van der Waals surface area contributed by atoms with Gasteiger partial charge in [0.15, 0.2) is 0 Å². The van der Waals surface area contributed by atoms with E-state index in [1.165, 1.54) is 6.20 Å². The summed E-state index contributed by atoms with van der Waals surface area (Å²) in [6.45, 7) is 1.94. The number of nitrogens with zero attached hydrogens (tertiary/aromatic N) is 2. The lowest BCUT2D eigenvalue weighted by Crippen LogP contribution is -2.42. The van der Waals surface area contributed by atoms with Crippen molar-refractivity contribution in [1.82, 2.24) is 14.9 Å². The molecule has 0 saturated carbocycles. The lowest BCUT2D eigenvalue weighted by atomic mass is 10.1. The Hall–Kier alpha value is -1.01. The van der Waals surface area contributed by atoms with Crippen LogP contribution in [0.1, 0.15) is 17.4 Å². The topological polar surface area (TPSA) is 67.2 Å². The van der Waals surface area contributed by atoms with Crippen molar-refractivity contribution in [3.8, 4) is 0 Å². The molecule has 16 heavy (non-hydrogen) atoms. The highest BCUT2D eigenvalue weighted by molar-refractivity contribution is 7.98. The number of hydrogen-bond acceptors (Lipinski definition) is 4. The van der Waals surface area contributed by atoms with E-state index in [1.54, 1.807) is 36.6 Å².